The molecule has 0 radical (unpaired) electrons. The molecular weight excluding hydrogens is 468 g/mol. The van der Waals surface area contributed by atoms with Crippen molar-refractivity contribution in [1.29, 1.82) is 0 Å². The Kier molecular flexibility index (Phi) is 4.88. The lowest BCUT2D eigenvalue weighted by atomic mass is 9.93. The minimum absolute atomic E-state index is 0.0543. The summed E-state index contributed by atoms with van der Waals surface area (Å²) in [5.74, 6) is 0.881. The fourth-order valence-corrected chi connectivity index (χ4v) is 5.37. The largest absolute Gasteiger partial charge is 0.434 e. The van der Waals surface area contributed by atoms with Crippen molar-refractivity contribution >= 4 is 22.6 Å². The topological polar surface area (TPSA) is 93.4 Å². The highest BCUT2D eigenvalue weighted by Gasteiger charge is 2.47. The summed E-state index contributed by atoms with van der Waals surface area (Å²) in [5.41, 5.74) is 3.10. The van der Waals surface area contributed by atoms with E-state index in [1.165, 1.54) is 13.0 Å². The van der Waals surface area contributed by atoms with Crippen LogP contribution in [0.3, 0.4) is 0 Å². The van der Waals surface area contributed by atoms with Crippen LogP contribution < -0.4 is 9.64 Å². The third kappa shape index (κ3) is 3.35. The van der Waals surface area contributed by atoms with Gasteiger partial charge in [0.25, 0.3) is 0 Å². The van der Waals surface area contributed by atoms with Gasteiger partial charge in [0.15, 0.2) is 5.82 Å². The van der Waals surface area contributed by atoms with E-state index < -0.39 is 12.2 Å². The number of ether oxygens (including phenoxy) is 1. The van der Waals surface area contributed by atoms with E-state index in [0.717, 1.165) is 22.2 Å². The van der Waals surface area contributed by atoms with Gasteiger partial charge in [0, 0.05) is 36.9 Å². The van der Waals surface area contributed by atoms with Gasteiger partial charge in [0.2, 0.25) is 5.91 Å². The fourth-order valence-electron chi connectivity index (χ4n) is 5.37. The average Bonchev–Trinajstić information content (AvgIpc) is 3.34. The molecule has 10 heteroatoms. The van der Waals surface area contributed by atoms with E-state index in [-0.39, 0.29) is 23.7 Å². The first-order valence-electron chi connectivity index (χ1n) is 11.6. The zero-order chi connectivity index (χ0) is 25.4. The van der Waals surface area contributed by atoms with E-state index in [2.05, 4.69) is 9.97 Å². The number of hydrogen-bond acceptors (Lipinski definition) is 6. The van der Waals surface area contributed by atoms with Crippen LogP contribution in [0.1, 0.15) is 56.5 Å². The van der Waals surface area contributed by atoms with Crippen molar-refractivity contribution in [2.45, 2.75) is 51.5 Å². The Morgan fingerprint density at radius 2 is 1.89 bits per heavy atom. The zero-order valence-corrected chi connectivity index (χ0v) is 19.8. The molecule has 6 rings (SSSR count). The van der Waals surface area contributed by atoms with Crippen molar-refractivity contribution in [3.05, 3.63) is 66.0 Å². The first-order chi connectivity index (χ1) is 17.1. The second kappa shape index (κ2) is 7.79. The highest BCUT2D eigenvalue weighted by molar-refractivity contribution is 5.95. The van der Waals surface area contributed by atoms with Crippen LogP contribution in [0.15, 0.2) is 48.8 Å². The number of amides is 1. The molecule has 0 aliphatic carbocycles. The molecule has 36 heavy (non-hydrogen) atoms. The molecule has 184 valence electrons. The van der Waals surface area contributed by atoms with E-state index in [4.69, 9.17) is 9.72 Å². The summed E-state index contributed by atoms with van der Waals surface area (Å²) in [4.78, 5) is 27.8. The second-order valence-electron chi connectivity index (χ2n) is 9.62. The van der Waals surface area contributed by atoms with Gasteiger partial charge in [-0.2, -0.15) is 8.78 Å². The number of hydrogen-bond donors (Lipinski definition) is 1. The number of alkyl halides is 2. The van der Waals surface area contributed by atoms with E-state index in [0.29, 0.717) is 29.3 Å². The van der Waals surface area contributed by atoms with Gasteiger partial charge in [-0.15, -0.1) is 0 Å². The van der Waals surface area contributed by atoms with Crippen LogP contribution in [0.2, 0.25) is 0 Å². The van der Waals surface area contributed by atoms with Gasteiger partial charge in [-0.25, -0.2) is 15.0 Å². The van der Waals surface area contributed by atoms with Gasteiger partial charge in [0.05, 0.1) is 28.8 Å². The number of anilines is 1. The van der Waals surface area contributed by atoms with Crippen LogP contribution in [-0.4, -0.2) is 37.1 Å². The van der Waals surface area contributed by atoms with E-state index in [9.17, 15) is 18.7 Å². The number of fused-ring (bicyclic) bond motifs is 9. The second-order valence-corrected chi connectivity index (χ2v) is 9.62. The standard InChI is InChI=1S/C26H23F2N5O3/c1-13(34)32-17-5-4-6-21(36-25(27)28)22(17)19-10-20(32)23-31-16-8-7-14(9-18(16)33(19)23)15-11-29-24(30-12-15)26(2,3)35/h4-9,11-12,19-20,25,35H,10H2,1-3H3. The molecule has 2 unspecified atom stereocenters. The van der Waals surface area contributed by atoms with Crippen molar-refractivity contribution in [1.82, 2.24) is 19.5 Å². The predicted octanol–water partition coefficient (Wildman–Crippen LogP) is 4.72. The number of halogens is 2. The average molecular weight is 491 g/mol. The van der Waals surface area contributed by atoms with Gasteiger partial charge in [0.1, 0.15) is 17.2 Å². The molecule has 8 nitrogen and oxygen atoms in total. The molecular formula is C26H23F2N5O3. The molecule has 0 saturated heterocycles. The van der Waals surface area contributed by atoms with Gasteiger partial charge in [-0.05, 0) is 43.7 Å². The molecule has 2 atom stereocenters. The van der Waals surface area contributed by atoms with Crippen molar-refractivity contribution in [3.8, 4) is 16.9 Å². The molecule has 0 spiro atoms. The molecule has 2 aliphatic heterocycles. The Bertz CT molecular complexity index is 1510. The number of imidazole rings is 1. The highest BCUT2D eigenvalue weighted by Crippen LogP contribution is 2.55. The summed E-state index contributed by atoms with van der Waals surface area (Å²) in [6.07, 6.45) is 3.83. The van der Waals surface area contributed by atoms with Gasteiger partial charge in [-0.3, -0.25) is 4.79 Å². The SMILES string of the molecule is CC(=O)N1c2cccc(OC(F)F)c2C2CC1c1nc3ccc(-c4cnc(C(C)(C)O)nc4)cc3n12. The third-order valence-corrected chi connectivity index (χ3v) is 6.81. The van der Waals surface area contributed by atoms with Crippen molar-refractivity contribution in [3.63, 3.8) is 0 Å². The van der Waals surface area contributed by atoms with Crippen LogP contribution in [0.25, 0.3) is 22.2 Å². The lowest BCUT2D eigenvalue weighted by Gasteiger charge is -2.34. The Labute approximate surface area is 205 Å². The Morgan fingerprint density at radius 1 is 1.14 bits per heavy atom. The molecule has 2 aliphatic rings. The smallest absolute Gasteiger partial charge is 0.387 e. The maximum Gasteiger partial charge on any atom is 0.387 e. The summed E-state index contributed by atoms with van der Waals surface area (Å²) < 4.78 is 33.4. The fraction of sp³-hybridized carbons (Fsp3) is 0.308. The first-order valence-corrected chi connectivity index (χ1v) is 11.6. The number of aliphatic hydroxyl groups is 1. The number of nitrogens with zero attached hydrogens (tertiary/aromatic N) is 5. The molecule has 4 heterocycles. The molecule has 2 bridgehead atoms. The normalized spacial score (nSPS) is 18.5. The lowest BCUT2D eigenvalue weighted by Crippen LogP contribution is -2.35. The monoisotopic (exact) mass is 491 g/mol. The van der Waals surface area contributed by atoms with Crippen molar-refractivity contribution in [2.24, 2.45) is 0 Å². The molecule has 2 aromatic carbocycles. The van der Waals surface area contributed by atoms with Gasteiger partial charge < -0.3 is 19.3 Å². The summed E-state index contributed by atoms with van der Waals surface area (Å²) in [5, 5.41) is 10.2. The van der Waals surface area contributed by atoms with E-state index >= 15 is 0 Å². The van der Waals surface area contributed by atoms with E-state index in [1.807, 2.05) is 22.8 Å². The maximum atomic E-state index is 13.3. The lowest BCUT2D eigenvalue weighted by molar-refractivity contribution is -0.117. The third-order valence-electron chi connectivity index (χ3n) is 6.81. The number of carbonyl (C=O) groups excluding carboxylic acids is 1. The quantitative estimate of drug-likeness (QED) is 0.444. The predicted molar refractivity (Wildman–Crippen MR) is 128 cm³/mol. The van der Waals surface area contributed by atoms with Crippen molar-refractivity contribution < 1.29 is 23.4 Å². The minimum atomic E-state index is -2.99. The van der Waals surface area contributed by atoms with Crippen LogP contribution in [0.4, 0.5) is 14.5 Å². The Balaban J connectivity index is 1.52. The van der Waals surface area contributed by atoms with Gasteiger partial charge in [-0.1, -0.05) is 12.1 Å². The van der Waals surface area contributed by atoms with E-state index in [1.54, 1.807) is 43.3 Å². The highest BCUT2D eigenvalue weighted by atomic mass is 19.3. The number of rotatable bonds is 4. The zero-order valence-electron chi connectivity index (χ0n) is 19.8. The first kappa shape index (κ1) is 22.5. The number of carbonyl (C=O) groups is 1. The van der Waals surface area contributed by atoms with Gasteiger partial charge >= 0.3 is 6.61 Å². The summed E-state index contributed by atoms with van der Waals surface area (Å²) in [6.45, 7) is 1.72. The van der Waals surface area contributed by atoms with Crippen molar-refractivity contribution in [2.75, 3.05) is 4.90 Å². The Hall–Kier alpha value is -3.92. The van der Waals surface area contributed by atoms with Crippen LogP contribution >= 0.6 is 0 Å². The molecule has 0 saturated carbocycles. The summed E-state index contributed by atoms with van der Waals surface area (Å²) in [6, 6.07) is 10.0. The van der Waals surface area contributed by atoms with Crippen LogP contribution in [0, 0.1) is 0 Å². The van der Waals surface area contributed by atoms with Crippen LogP contribution in [-0.2, 0) is 10.4 Å². The molecule has 4 aromatic rings. The molecule has 2 aromatic heterocycles. The number of aromatic nitrogens is 4. The molecule has 0 fully saturated rings. The maximum absolute atomic E-state index is 13.3. The molecule has 1 amide bonds. The Morgan fingerprint density at radius 3 is 2.56 bits per heavy atom. The summed E-state index contributed by atoms with van der Waals surface area (Å²) in [7, 11) is 0. The summed E-state index contributed by atoms with van der Waals surface area (Å²) >= 11 is 0. The minimum Gasteiger partial charge on any atom is -0.434 e. The molecule has 1 N–H and O–H groups in total. The number of benzene rings is 2. The van der Waals surface area contributed by atoms with Crippen LogP contribution in [0.5, 0.6) is 5.75 Å².